The summed E-state index contributed by atoms with van der Waals surface area (Å²) < 4.78 is 0. The van der Waals surface area contributed by atoms with Crippen LogP contribution in [-0.2, 0) is 14.4 Å². The summed E-state index contributed by atoms with van der Waals surface area (Å²) in [4.78, 5) is 38.2. The number of carbonyl (C=O) groups excluding carboxylic acids is 2. The molecule has 0 radical (unpaired) electrons. The van der Waals surface area contributed by atoms with Gasteiger partial charge in [-0.1, -0.05) is 35.1 Å². The molecule has 0 heterocycles. The molecule has 1 atom stereocenters. The first-order valence-electron chi connectivity index (χ1n) is 7.31. The van der Waals surface area contributed by atoms with Gasteiger partial charge in [-0.25, -0.2) is 4.79 Å². The van der Waals surface area contributed by atoms with Gasteiger partial charge >= 0.3 is 5.97 Å². The lowest BCUT2D eigenvalue weighted by Crippen LogP contribution is -2.41. The van der Waals surface area contributed by atoms with E-state index in [0.29, 0.717) is 19.4 Å². The van der Waals surface area contributed by atoms with Crippen molar-refractivity contribution < 1.29 is 19.5 Å². The maximum Gasteiger partial charge on any atom is 0.326 e. The van der Waals surface area contributed by atoms with E-state index >= 15 is 0 Å². The quantitative estimate of drug-likeness (QED) is 0.220. The number of rotatable bonds is 10. The number of azide groups is 1. The summed E-state index contributed by atoms with van der Waals surface area (Å²) in [5.74, 6) is -1.69. The maximum absolute atomic E-state index is 11.9. The summed E-state index contributed by atoms with van der Waals surface area (Å²) in [6, 6.07) is 7.63. The van der Waals surface area contributed by atoms with Crippen LogP contribution in [0.2, 0.25) is 0 Å². The zero-order chi connectivity index (χ0) is 17.8. The van der Waals surface area contributed by atoms with Crippen molar-refractivity contribution in [3.8, 4) is 0 Å². The molecule has 0 saturated heterocycles. The second kappa shape index (κ2) is 11.1. The lowest BCUT2D eigenvalue weighted by Gasteiger charge is -2.13. The molecule has 1 amide bonds. The van der Waals surface area contributed by atoms with Crippen LogP contribution in [0.3, 0.4) is 0 Å². The number of nitrogens with one attached hydrogen (secondary N) is 1. The van der Waals surface area contributed by atoms with Gasteiger partial charge in [0.15, 0.2) is 5.12 Å². The molecular formula is C15H18N4O4S. The summed E-state index contributed by atoms with van der Waals surface area (Å²) in [6.07, 6.45) is 0.839. The van der Waals surface area contributed by atoms with Crippen LogP contribution in [0.4, 0.5) is 0 Å². The number of aliphatic carboxylic acids is 1. The van der Waals surface area contributed by atoms with Gasteiger partial charge in [-0.3, -0.25) is 9.59 Å². The fourth-order valence-corrected chi connectivity index (χ4v) is 2.61. The molecular weight excluding hydrogens is 332 g/mol. The molecule has 0 bridgehead atoms. The molecule has 0 aliphatic heterocycles. The van der Waals surface area contributed by atoms with Gasteiger partial charge < -0.3 is 10.4 Å². The number of benzene rings is 1. The van der Waals surface area contributed by atoms with Crippen LogP contribution in [0.1, 0.15) is 25.7 Å². The van der Waals surface area contributed by atoms with E-state index in [9.17, 15) is 14.4 Å². The molecule has 0 saturated carbocycles. The largest absolute Gasteiger partial charge is 0.480 e. The molecule has 2 N–H and O–H groups in total. The lowest BCUT2D eigenvalue weighted by molar-refractivity contribution is -0.142. The van der Waals surface area contributed by atoms with Gasteiger partial charge in [0.25, 0.3) is 0 Å². The zero-order valence-corrected chi connectivity index (χ0v) is 13.7. The van der Waals surface area contributed by atoms with Crippen LogP contribution in [0, 0.1) is 0 Å². The van der Waals surface area contributed by atoms with Gasteiger partial charge in [0.2, 0.25) is 5.91 Å². The second-order valence-electron chi connectivity index (χ2n) is 4.86. The highest BCUT2D eigenvalue weighted by molar-refractivity contribution is 8.13. The lowest BCUT2D eigenvalue weighted by atomic mass is 10.2. The van der Waals surface area contributed by atoms with Crippen molar-refractivity contribution in [1.82, 2.24) is 5.32 Å². The Bertz CT molecular complexity index is 617. The molecule has 0 aliphatic rings. The third-order valence-electron chi connectivity index (χ3n) is 2.95. The van der Waals surface area contributed by atoms with Crippen molar-refractivity contribution in [2.24, 2.45) is 5.11 Å². The second-order valence-corrected chi connectivity index (χ2v) is 5.99. The highest BCUT2D eigenvalue weighted by atomic mass is 32.2. The molecule has 1 rings (SSSR count). The normalized spacial score (nSPS) is 11.2. The van der Waals surface area contributed by atoms with Crippen molar-refractivity contribution in [1.29, 1.82) is 0 Å². The number of nitrogens with zero attached hydrogens (tertiary/aromatic N) is 3. The summed E-state index contributed by atoms with van der Waals surface area (Å²) in [5.41, 5.74) is 8.12. The molecule has 1 aromatic rings. The van der Waals surface area contributed by atoms with Crippen LogP contribution in [0.15, 0.2) is 40.3 Å². The Balaban J connectivity index is 2.42. The molecule has 0 spiro atoms. The molecule has 24 heavy (non-hydrogen) atoms. The molecule has 128 valence electrons. The van der Waals surface area contributed by atoms with Gasteiger partial charge in [0, 0.05) is 29.2 Å². The number of amides is 1. The van der Waals surface area contributed by atoms with E-state index in [1.54, 1.807) is 24.3 Å². The Hall–Kier alpha value is -2.51. The van der Waals surface area contributed by atoms with E-state index in [2.05, 4.69) is 15.3 Å². The minimum Gasteiger partial charge on any atom is -0.480 e. The van der Waals surface area contributed by atoms with E-state index in [0.717, 1.165) is 16.7 Å². The summed E-state index contributed by atoms with van der Waals surface area (Å²) in [7, 11) is 0. The Morgan fingerprint density at radius 3 is 2.58 bits per heavy atom. The Morgan fingerprint density at radius 2 is 1.96 bits per heavy atom. The molecule has 0 aliphatic carbocycles. The van der Waals surface area contributed by atoms with Gasteiger partial charge in [0.1, 0.15) is 6.04 Å². The molecule has 0 aromatic heterocycles. The predicted octanol–water partition coefficient (Wildman–Crippen LogP) is 2.75. The zero-order valence-electron chi connectivity index (χ0n) is 12.9. The number of carboxylic acids is 1. The minimum atomic E-state index is -1.25. The van der Waals surface area contributed by atoms with Crippen LogP contribution >= 0.6 is 11.8 Å². The summed E-state index contributed by atoms with van der Waals surface area (Å²) in [5, 5.41) is 14.5. The molecule has 1 aromatic carbocycles. The Morgan fingerprint density at radius 1 is 1.25 bits per heavy atom. The van der Waals surface area contributed by atoms with Crippen LogP contribution in [-0.4, -0.2) is 34.7 Å². The number of unbranched alkanes of at least 4 members (excludes halogenated alkanes) is 1. The smallest absolute Gasteiger partial charge is 0.326 e. The van der Waals surface area contributed by atoms with Gasteiger partial charge in [-0.05, 0) is 30.5 Å². The first-order valence-corrected chi connectivity index (χ1v) is 8.13. The average Bonchev–Trinajstić information content (AvgIpc) is 2.54. The van der Waals surface area contributed by atoms with Crippen molar-refractivity contribution in [2.45, 2.75) is 36.6 Å². The third kappa shape index (κ3) is 8.21. The van der Waals surface area contributed by atoms with Crippen molar-refractivity contribution in [3.63, 3.8) is 0 Å². The van der Waals surface area contributed by atoms with Crippen molar-refractivity contribution in [2.75, 3.05) is 6.54 Å². The van der Waals surface area contributed by atoms with Crippen LogP contribution in [0.25, 0.3) is 10.4 Å². The van der Waals surface area contributed by atoms with Crippen molar-refractivity contribution in [3.05, 3.63) is 40.8 Å². The first-order chi connectivity index (χ1) is 11.5. The number of thioether (sulfide) groups is 1. The number of hydrogen-bond acceptors (Lipinski definition) is 5. The first kappa shape index (κ1) is 19.5. The monoisotopic (exact) mass is 350 g/mol. The van der Waals surface area contributed by atoms with E-state index in [-0.39, 0.29) is 18.0 Å². The minimum absolute atomic E-state index is 0.116. The molecule has 8 nitrogen and oxygen atoms in total. The standard InChI is InChI=1S/C15H18N4O4S/c16-19-17-9-5-4-8-13(20)18-12(15(22)23)10-14(21)24-11-6-2-1-3-7-11/h1-3,6-7,12H,4-5,8-10H2,(H,18,20)(H,22,23). The number of carboxylic acid groups (broad SMARTS) is 1. The van der Waals surface area contributed by atoms with E-state index in [4.69, 9.17) is 10.6 Å². The predicted molar refractivity (Wildman–Crippen MR) is 89.4 cm³/mol. The fraction of sp³-hybridized carbons (Fsp3) is 0.400. The topological polar surface area (TPSA) is 132 Å². The van der Waals surface area contributed by atoms with E-state index in [1.807, 2.05) is 6.07 Å². The number of carbonyl (C=O) groups is 3. The number of hydrogen-bond donors (Lipinski definition) is 2. The van der Waals surface area contributed by atoms with Crippen molar-refractivity contribution >= 4 is 28.8 Å². The molecule has 9 heteroatoms. The summed E-state index contributed by atoms with van der Waals surface area (Å²) in [6.45, 7) is 0.290. The molecule has 0 fully saturated rings. The SMILES string of the molecule is [N-]=[N+]=NCCCCC(=O)NC(CC(=O)Sc1ccccc1)C(=O)O. The van der Waals surface area contributed by atoms with Crippen LogP contribution < -0.4 is 5.32 Å². The maximum atomic E-state index is 11.9. The molecule has 1 unspecified atom stereocenters. The van der Waals surface area contributed by atoms with Gasteiger partial charge in [-0.15, -0.1) is 0 Å². The highest BCUT2D eigenvalue weighted by Crippen LogP contribution is 2.20. The third-order valence-corrected chi connectivity index (χ3v) is 3.86. The van der Waals surface area contributed by atoms with E-state index in [1.165, 1.54) is 0 Å². The Kier molecular flexibility index (Phi) is 9.03. The average molecular weight is 350 g/mol. The summed E-state index contributed by atoms with van der Waals surface area (Å²) >= 11 is 0.943. The Labute approximate surface area is 143 Å². The van der Waals surface area contributed by atoms with Gasteiger partial charge in [0.05, 0.1) is 0 Å². The van der Waals surface area contributed by atoms with Crippen LogP contribution in [0.5, 0.6) is 0 Å². The highest BCUT2D eigenvalue weighted by Gasteiger charge is 2.23. The van der Waals surface area contributed by atoms with Gasteiger partial charge in [-0.2, -0.15) is 0 Å². The fourth-order valence-electron chi connectivity index (χ4n) is 1.81. The van der Waals surface area contributed by atoms with E-state index < -0.39 is 17.9 Å².